The van der Waals surface area contributed by atoms with Gasteiger partial charge in [-0.2, -0.15) is 0 Å². The SMILES string of the molecule is CC1CCC(CC2CC(C(C)C)CCC2Br)O1. The molecule has 2 fully saturated rings. The number of rotatable bonds is 3. The smallest absolute Gasteiger partial charge is 0.0582 e. The molecule has 0 aromatic heterocycles. The zero-order chi connectivity index (χ0) is 12.4. The van der Waals surface area contributed by atoms with Crippen molar-refractivity contribution >= 4 is 15.9 Å². The van der Waals surface area contributed by atoms with Gasteiger partial charge in [0, 0.05) is 4.83 Å². The molecule has 0 spiro atoms. The van der Waals surface area contributed by atoms with Crippen LogP contribution >= 0.6 is 15.9 Å². The summed E-state index contributed by atoms with van der Waals surface area (Å²) in [7, 11) is 0. The maximum atomic E-state index is 5.99. The number of halogens is 1. The highest BCUT2D eigenvalue weighted by Gasteiger charge is 2.33. The molecule has 0 amide bonds. The van der Waals surface area contributed by atoms with Crippen LogP contribution in [0.5, 0.6) is 0 Å². The van der Waals surface area contributed by atoms with Gasteiger partial charge in [0.1, 0.15) is 0 Å². The zero-order valence-corrected chi connectivity index (χ0v) is 13.1. The number of ether oxygens (including phenoxy) is 1. The van der Waals surface area contributed by atoms with Crippen LogP contribution in [0.25, 0.3) is 0 Å². The van der Waals surface area contributed by atoms with E-state index in [9.17, 15) is 0 Å². The van der Waals surface area contributed by atoms with Crippen LogP contribution in [0.1, 0.15) is 59.3 Å². The van der Waals surface area contributed by atoms with Crippen LogP contribution in [0.15, 0.2) is 0 Å². The Morgan fingerprint density at radius 1 is 1.18 bits per heavy atom. The normalized spacial score (nSPS) is 43.2. The van der Waals surface area contributed by atoms with Gasteiger partial charge in [0.05, 0.1) is 12.2 Å². The summed E-state index contributed by atoms with van der Waals surface area (Å²) in [5, 5.41) is 0. The summed E-state index contributed by atoms with van der Waals surface area (Å²) in [6.45, 7) is 6.97. The monoisotopic (exact) mass is 302 g/mol. The summed E-state index contributed by atoms with van der Waals surface area (Å²) in [6.07, 6.45) is 9.04. The van der Waals surface area contributed by atoms with E-state index in [-0.39, 0.29) is 0 Å². The third-order valence-corrected chi connectivity index (χ3v) is 5.96. The Bertz CT molecular complexity index is 241. The van der Waals surface area contributed by atoms with Crippen molar-refractivity contribution in [3.8, 4) is 0 Å². The molecule has 1 heterocycles. The Balaban J connectivity index is 1.85. The Kier molecular flexibility index (Phi) is 4.94. The molecule has 0 bridgehead atoms. The predicted octanol–water partition coefficient (Wildman–Crippen LogP) is 4.78. The van der Waals surface area contributed by atoms with Crippen molar-refractivity contribution in [1.82, 2.24) is 0 Å². The number of hydrogen-bond acceptors (Lipinski definition) is 1. The van der Waals surface area contributed by atoms with E-state index in [1.165, 1.54) is 38.5 Å². The molecule has 1 saturated carbocycles. The van der Waals surface area contributed by atoms with Gasteiger partial charge in [0.2, 0.25) is 0 Å². The minimum atomic E-state index is 0.498. The van der Waals surface area contributed by atoms with E-state index in [2.05, 4.69) is 36.7 Å². The molecular formula is C15H27BrO. The highest BCUT2D eigenvalue weighted by atomic mass is 79.9. The fraction of sp³-hybridized carbons (Fsp3) is 1.00. The second kappa shape index (κ2) is 6.06. The molecule has 1 aliphatic heterocycles. The topological polar surface area (TPSA) is 9.23 Å². The van der Waals surface area contributed by atoms with E-state index in [0.29, 0.717) is 12.2 Å². The van der Waals surface area contributed by atoms with E-state index < -0.39 is 0 Å². The first-order chi connectivity index (χ1) is 8.06. The Morgan fingerprint density at radius 2 is 1.94 bits per heavy atom. The Hall–Kier alpha value is 0.440. The molecule has 2 rings (SSSR count). The van der Waals surface area contributed by atoms with Crippen LogP contribution in [-0.2, 0) is 4.74 Å². The molecule has 1 nitrogen and oxygen atoms in total. The standard InChI is InChI=1S/C15H27BrO/c1-10(2)12-5-7-15(16)13(8-12)9-14-6-4-11(3)17-14/h10-15H,4-9H2,1-3H3. The van der Waals surface area contributed by atoms with Gasteiger partial charge in [0.15, 0.2) is 0 Å². The highest BCUT2D eigenvalue weighted by molar-refractivity contribution is 9.09. The largest absolute Gasteiger partial charge is 0.375 e. The first-order valence-electron chi connectivity index (χ1n) is 7.35. The lowest BCUT2D eigenvalue weighted by Gasteiger charge is -2.36. The van der Waals surface area contributed by atoms with Crippen molar-refractivity contribution in [3.05, 3.63) is 0 Å². The summed E-state index contributed by atoms with van der Waals surface area (Å²) in [5.41, 5.74) is 0. The van der Waals surface area contributed by atoms with Gasteiger partial charge < -0.3 is 4.74 Å². The van der Waals surface area contributed by atoms with E-state index in [0.717, 1.165) is 22.6 Å². The molecule has 5 unspecified atom stereocenters. The van der Waals surface area contributed by atoms with Crippen LogP contribution in [0.2, 0.25) is 0 Å². The van der Waals surface area contributed by atoms with E-state index in [1.807, 2.05) is 0 Å². The van der Waals surface area contributed by atoms with E-state index >= 15 is 0 Å². The van der Waals surface area contributed by atoms with Crippen LogP contribution in [0.3, 0.4) is 0 Å². The van der Waals surface area contributed by atoms with Crippen molar-refractivity contribution in [2.24, 2.45) is 17.8 Å². The molecule has 2 aliphatic rings. The summed E-state index contributed by atoms with van der Waals surface area (Å²) in [6, 6.07) is 0. The maximum Gasteiger partial charge on any atom is 0.0582 e. The van der Waals surface area contributed by atoms with Gasteiger partial charge in [-0.25, -0.2) is 0 Å². The lowest BCUT2D eigenvalue weighted by molar-refractivity contribution is 0.0335. The van der Waals surface area contributed by atoms with Crippen LogP contribution in [0, 0.1) is 17.8 Å². The van der Waals surface area contributed by atoms with Gasteiger partial charge in [-0.1, -0.05) is 29.8 Å². The van der Waals surface area contributed by atoms with Gasteiger partial charge in [0.25, 0.3) is 0 Å². The van der Waals surface area contributed by atoms with Crippen molar-refractivity contribution in [3.63, 3.8) is 0 Å². The minimum Gasteiger partial charge on any atom is -0.375 e. The van der Waals surface area contributed by atoms with E-state index in [1.54, 1.807) is 0 Å². The van der Waals surface area contributed by atoms with Crippen LogP contribution in [0.4, 0.5) is 0 Å². The first kappa shape index (κ1) is 13.9. The lowest BCUT2D eigenvalue weighted by Crippen LogP contribution is -2.30. The molecule has 5 atom stereocenters. The lowest BCUT2D eigenvalue weighted by atomic mass is 9.74. The summed E-state index contributed by atoms with van der Waals surface area (Å²) < 4.78 is 5.99. The average Bonchev–Trinajstić information content (AvgIpc) is 2.67. The predicted molar refractivity (Wildman–Crippen MR) is 76.6 cm³/mol. The molecule has 17 heavy (non-hydrogen) atoms. The van der Waals surface area contributed by atoms with Crippen molar-refractivity contribution in [2.45, 2.75) is 76.3 Å². The summed E-state index contributed by atoms with van der Waals surface area (Å²) in [5.74, 6) is 2.62. The first-order valence-corrected chi connectivity index (χ1v) is 8.27. The number of hydrogen-bond donors (Lipinski definition) is 0. The number of alkyl halides is 1. The van der Waals surface area contributed by atoms with Crippen LogP contribution in [-0.4, -0.2) is 17.0 Å². The molecule has 0 N–H and O–H groups in total. The third kappa shape index (κ3) is 3.70. The third-order valence-electron chi connectivity index (χ3n) is 4.76. The second-order valence-corrected chi connectivity index (χ2v) is 7.65. The molecule has 2 heteroatoms. The molecule has 100 valence electrons. The molecule has 0 aromatic carbocycles. The fourth-order valence-corrected chi connectivity index (χ4v) is 4.21. The second-order valence-electron chi connectivity index (χ2n) is 6.47. The maximum absolute atomic E-state index is 5.99. The highest BCUT2D eigenvalue weighted by Crippen LogP contribution is 2.41. The Morgan fingerprint density at radius 3 is 2.53 bits per heavy atom. The Labute approximate surface area is 115 Å². The molecule has 1 saturated heterocycles. The molecular weight excluding hydrogens is 276 g/mol. The van der Waals surface area contributed by atoms with Gasteiger partial charge in [-0.05, 0) is 63.2 Å². The van der Waals surface area contributed by atoms with Crippen molar-refractivity contribution in [2.75, 3.05) is 0 Å². The van der Waals surface area contributed by atoms with Gasteiger partial charge in [-0.15, -0.1) is 0 Å². The molecule has 0 radical (unpaired) electrons. The van der Waals surface area contributed by atoms with E-state index in [4.69, 9.17) is 4.74 Å². The quantitative estimate of drug-likeness (QED) is 0.682. The molecule has 0 aromatic rings. The minimum absolute atomic E-state index is 0.498. The van der Waals surface area contributed by atoms with Crippen LogP contribution < -0.4 is 0 Å². The van der Waals surface area contributed by atoms with Crippen molar-refractivity contribution in [1.29, 1.82) is 0 Å². The zero-order valence-electron chi connectivity index (χ0n) is 11.5. The molecule has 1 aliphatic carbocycles. The average molecular weight is 303 g/mol. The summed E-state index contributed by atoms with van der Waals surface area (Å²) in [4.78, 5) is 0.733. The fourth-order valence-electron chi connectivity index (χ4n) is 3.51. The summed E-state index contributed by atoms with van der Waals surface area (Å²) >= 11 is 3.90. The van der Waals surface area contributed by atoms with Gasteiger partial charge >= 0.3 is 0 Å². The van der Waals surface area contributed by atoms with Crippen molar-refractivity contribution < 1.29 is 4.74 Å². The van der Waals surface area contributed by atoms with Gasteiger partial charge in [-0.3, -0.25) is 0 Å².